The number of hydrogen-bond donors (Lipinski definition) is 1. The number of hydrogen-bond acceptors (Lipinski definition) is 5. The first kappa shape index (κ1) is 15.4. The van der Waals surface area contributed by atoms with Crippen LogP contribution < -0.4 is 5.32 Å². The maximum Gasteiger partial charge on any atom is 0.231 e. The molecule has 1 aromatic rings. The molecule has 2 rings (SSSR count). The van der Waals surface area contributed by atoms with E-state index in [1.54, 1.807) is 7.11 Å². The van der Waals surface area contributed by atoms with Crippen LogP contribution in [-0.4, -0.2) is 29.8 Å². The van der Waals surface area contributed by atoms with Crippen molar-refractivity contribution in [1.29, 1.82) is 0 Å². The van der Waals surface area contributed by atoms with E-state index in [0.717, 1.165) is 31.7 Å². The van der Waals surface area contributed by atoms with Crippen LogP contribution in [0.4, 0.5) is 0 Å². The monoisotopic (exact) mass is 281 g/mol. The van der Waals surface area contributed by atoms with Gasteiger partial charge in [0.1, 0.15) is 5.60 Å². The lowest BCUT2D eigenvalue weighted by atomic mass is 9.96. The maximum atomic E-state index is 5.67. The molecule has 1 saturated carbocycles. The first-order valence-corrected chi connectivity index (χ1v) is 7.83. The molecule has 0 spiro atoms. The summed E-state index contributed by atoms with van der Waals surface area (Å²) in [5, 5.41) is 7.73. The standard InChI is InChI=1S/C15H27N3O2/c1-5-15(6-2,19-4)14-17-13(20-18-14)11-9-8-10-12(11)16-7-3/h11-12,16H,5-10H2,1-4H3. The van der Waals surface area contributed by atoms with Gasteiger partial charge in [-0.25, -0.2) is 0 Å². The van der Waals surface area contributed by atoms with E-state index in [1.807, 2.05) is 0 Å². The Kier molecular flexibility index (Phi) is 5.16. The van der Waals surface area contributed by atoms with Crippen LogP contribution in [0, 0.1) is 0 Å². The molecule has 2 unspecified atom stereocenters. The van der Waals surface area contributed by atoms with Crippen molar-refractivity contribution in [1.82, 2.24) is 15.5 Å². The smallest absolute Gasteiger partial charge is 0.231 e. The maximum absolute atomic E-state index is 5.67. The van der Waals surface area contributed by atoms with Gasteiger partial charge in [0, 0.05) is 13.2 Å². The van der Waals surface area contributed by atoms with Gasteiger partial charge >= 0.3 is 0 Å². The van der Waals surface area contributed by atoms with E-state index >= 15 is 0 Å². The van der Waals surface area contributed by atoms with Gasteiger partial charge < -0.3 is 14.6 Å². The second-order valence-corrected chi connectivity index (χ2v) is 5.56. The Bertz CT molecular complexity index is 407. The van der Waals surface area contributed by atoms with Crippen molar-refractivity contribution in [2.75, 3.05) is 13.7 Å². The number of rotatable bonds is 7. The summed E-state index contributed by atoms with van der Waals surface area (Å²) >= 11 is 0. The average Bonchev–Trinajstić information content (AvgIpc) is 3.11. The molecule has 0 radical (unpaired) electrons. The number of nitrogens with one attached hydrogen (secondary N) is 1. The van der Waals surface area contributed by atoms with Crippen LogP contribution in [0.5, 0.6) is 0 Å². The van der Waals surface area contributed by atoms with Gasteiger partial charge in [0.05, 0.1) is 5.92 Å². The summed E-state index contributed by atoms with van der Waals surface area (Å²) in [6.07, 6.45) is 5.22. The molecule has 0 amide bonds. The number of likely N-dealkylation sites (N-methyl/N-ethyl adjacent to an activating group) is 1. The fraction of sp³-hybridized carbons (Fsp3) is 0.867. The Morgan fingerprint density at radius 3 is 2.65 bits per heavy atom. The lowest BCUT2D eigenvalue weighted by Crippen LogP contribution is -2.31. The summed E-state index contributed by atoms with van der Waals surface area (Å²) < 4.78 is 11.2. The molecule has 1 heterocycles. The zero-order valence-electron chi connectivity index (χ0n) is 13.1. The van der Waals surface area contributed by atoms with Crippen LogP contribution >= 0.6 is 0 Å². The van der Waals surface area contributed by atoms with Crippen molar-refractivity contribution in [3.8, 4) is 0 Å². The van der Waals surface area contributed by atoms with Crippen molar-refractivity contribution < 1.29 is 9.26 Å². The van der Waals surface area contributed by atoms with Gasteiger partial charge in [-0.1, -0.05) is 32.3 Å². The quantitative estimate of drug-likeness (QED) is 0.832. The van der Waals surface area contributed by atoms with Crippen LogP contribution in [0.1, 0.15) is 70.5 Å². The zero-order valence-corrected chi connectivity index (χ0v) is 13.1. The minimum Gasteiger partial charge on any atom is -0.370 e. The summed E-state index contributed by atoms with van der Waals surface area (Å²) in [5.41, 5.74) is -0.409. The minimum absolute atomic E-state index is 0.347. The topological polar surface area (TPSA) is 60.2 Å². The van der Waals surface area contributed by atoms with Crippen molar-refractivity contribution in [2.24, 2.45) is 0 Å². The number of ether oxygens (including phenoxy) is 1. The van der Waals surface area contributed by atoms with E-state index in [4.69, 9.17) is 9.26 Å². The molecule has 0 saturated heterocycles. The average molecular weight is 281 g/mol. The minimum atomic E-state index is -0.409. The predicted molar refractivity (Wildman–Crippen MR) is 77.6 cm³/mol. The molecule has 1 aromatic heterocycles. The van der Waals surface area contributed by atoms with Crippen molar-refractivity contribution in [3.05, 3.63) is 11.7 Å². The van der Waals surface area contributed by atoms with Gasteiger partial charge in [0.25, 0.3) is 0 Å². The molecule has 5 nitrogen and oxygen atoms in total. The largest absolute Gasteiger partial charge is 0.370 e. The van der Waals surface area contributed by atoms with Crippen LogP contribution in [0.15, 0.2) is 4.52 Å². The third-order valence-corrected chi connectivity index (χ3v) is 4.68. The second-order valence-electron chi connectivity index (χ2n) is 5.56. The third kappa shape index (κ3) is 2.74. The highest BCUT2D eigenvalue weighted by atomic mass is 16.5. The number of aromatic nitrogens is 2. The zero-order chi connectivity index (χ0) is 14.6. The molecule has 5 heteroatoms. The summed E-state index contributed by atoms with van der Waals surface area (Å²) in [7, 11) is 1.72. The summed E-state index contributed by atoms with van der Waals surface area (Å²) in [6, 6.07) is 0.466. The first-order chi connectivity index (χ1) is 9.70. The van der Waals surface area contributed by atoms with Crippen LogP contribution in [0.25, 0.3) is 0 Å². The van der Waals surface area contributed by atoms with Gasteiger partial charge in [0.15, 0.2) is 0 Å². The SMILES string of the molecule is CCNC1CCCC1c1nc(C(CC)(CC)OC)no1. The lowest BCUT2D eigenvalue weighted by Gasteiger charge is -2.26. The van der Waals surface area contributed by atoms with E-state index in [-0.39, 0.29) is 0 Å². The fourth-order valence-electron chi connectivity index (χ4n) is 3.28. The van der Waals surface area contributed by atoms with E-state index in [1.165, 1.54) is 12.8 Å². The Morgan fingerprint density at radius 1 is 1.30 bits per heavy atom. The Balaban J connectivity index is 2.20. The molecular weight excluding hydrogens is 254 g/mol. The summed E-state index contributed by atoms with van der Waals surface area (Å²) in [6.45, 7) is 7.31. The molecule has 0 aromatic carbocycles. The lowest BCUT2D eigenvalue weighted by molar-refractivity contribution is -0.0306. The first-order valence-electron chi connectivity index (χ1n) is 7.83. The van der Waals surface area contributed by atoms with Crippen molar-refractivity contribution in [2.45, 2.75) is 70.4 Å². The number of nitrogens with zero attached hydrogens (tertiary/aromatic N) is 2. The van der Waals surface area contributed by atoms with Gasteiger partial charge in [-0.3, -0.25) is 0 Å². The highest BCUT2D eigenvalue weighted by Gasteiger charge is 2.37. The van der Waals surface area contributed by atoms with E-state index < -0.39 is 5.60 Å². The summed E-state index contributed by atoms with van der Waals surface area (Å²) in [5.74, 6) is 1.81. The molecule has 20 heavy (non-hydrogen) atoms. The van der Waals surface area contributed by atoms with Gasteiger partial charge in [0.2, 0.25) is 11.7 Å². The third-order valence-electron chi connectivity index (χ3n) is 4.68. The Labute approximate surface area is 121 Å². The van der Waals surface area contributed by atoms with E-state index in [2.05, 4.69) is 36.2 Å². The fourth-order valence-corrected chi connectivity index (χ4v) is 3.28. The highest BCUT2D eigenvalue weighted by molar-refractivity contribution is 5.07. The second kappa shape index (κ2) is 6.68. The molecule has 1 aliphatic carbocycles. The van der Waals surface area contributed by atoms with Crippen LogP contribution in [0.2, 0.25) is 0 Å². The highest BCUT2D eigenvalue weighted by Crippen LogP contribution is 2.36. The van der Waals surface area contributed by atoms with Gasteiger partial charge in [-0.05, 0) is 32.2 Å². The Morgan fingerprint density at radius 2 is 2.05 bits per heavy atom. The summed E-state index contributed by atoms with van der Waals surface area (Å²) in [4.78, 5) is 4.67. The van der Waals surface area contributed by atoms with E-state index in [9.17, 15) is 0 Å². The molecule has 2 atom stereocenters. The van der Waals surface area contributed by atoms with E-state index in [0.29, 0.717) is 17.8 Å². The molecule has 1 N–H and O–H groups in total. The van der Waals surface area contributed by atoms with Crippen molar-refractivity contribution >= 4 is 0 Å². The van der Waals surface area contributed by atoms with Crippen LogP contribution in [-0.2, 0) is 10.3 Å². The normalized spacial score (nSPS) is 23.4. The van der Waals surface area contributed by atoms with Gasteiger partial charge in [-0.2, -0.15) is 4.98 Å². The molecule has 0 aliphatic heterocycles. The molecule has 1 fully saturated rings. The van der Waals surface area contributed by atoms with Crippen LogP contribution in [0.3, 0.4) is 0 Å². The molecule has 1 aliphatic rings. The predicted octanol–water partition coefficient (Wildman–Crippen LogP) is 2.98. The Hall–Kier alpha value is -0.940. The van der Waals surface area contributed by atoms with Crippen molar-refractivity contribution in [3.63, 3.8) is 0 Å². The molecule has 0 bridgehead atoms. The molecule has 114 valence electrons. The van der Waals surface area contributed by atoms with Gasteiger partial charge in [-0.15, -0.1) is 0 Å². The number of methoxy groups -OCH3 is 1. The molecular formula is C15H27N3O2.